The Kier molecular flexibility index (Phi) is 8.46. The van der Waals surface area contributed by atoms with Crippen molar-refractivity contribution >= 4 is 57.2 Å². The van der Waals surface area contributed by atoms with E-state index in [1.165, 1.54) is 77.7 Å². The van der Waals surface area contributed by atoms with E-state index < -0.39 is 6.85 Å². The van der Waals surface area contributed by atoms with Crippen LogP contribution in [0.4, 0.5) is 34.1 Å². The number of hydrogen-bond donors (Lipinski definition) is 0. The Morgan fingerprint density at radius 2 is 1.01 bits per heavy atom. The summed E-state index contributed by atoms with van der Waals surface area (Å²) in [5.74, 6) is 0. The lowest BCUT2D eigenvalue weighted by molar-refractivity contribution is 0.332. The van der Waals surface area contributed by atoms with Crippen LogP contribution in [0.15, 0.2) is 97.1 Å². The van der Waals surface area contributed by atoms with Crippen molar-refractivity contribution in [1.29, 1.82) is 0 Å². The van der Waals surface area contributed by atoms with Gasteiger partial charge in [-0.25, -0.2) is 0 Å². The van der Waals surface area contributed by atoms with Crippen LogP contribution in [0, 0.1) is 20.7 Å². The largest absolute Gasteiger partial charge is 0.311 e. The topological polar surface area (TPSA) is 6.48 Å². The van der Waals surface area contributed by atoms with Crippen molar-refractivity contribution in [2.75, 3.05) is 9.80 Å². The Bertz CT molecular complexity index is 3220. The first kappa shape index (κ1) is 41.0. The molecule has 6 aromatic rings. The summed E-state index contributed by atoms with van der Waals surface area (Å²) in [7, 11) is 0. The van der Waals surface area contributed by atoms with E-state index in [0.29, 0.717) is 5.56 Å². The van der Waals surface area contributed by atoms with Crippen LogP contribution in [0.3, 0.4) is 0 Å². The highest BCUT2D eigenvalue weighted by Gasteiger charge is 2.50. The molecule has 0 atom stereocenters. The number of benzene rings is 6. The molecular weight excluding hydrogens is 808 g/mol. The van der Waals surface area contributed by atoms with Gasteiger partial charge in [0.25, 0.3) is 6.71 Å². The lowest BCUT2D eigenvalue weighted by Gasteiger charge is -2.48. The number of rotatable bonds is 4. The molecule has 344 valence electrons. The Morgan fingerprint density at radius 1 is 0.478 bits per heavy atom. The third-order valence-electron chi connectivity index (χ3n) is 18.1. The zero-order valence-corrected chi connectivity index (χ0v) is 43.5. The fourth-order valence-corrected chi connectivity index (χ4v) is 15.0. The standard InChI is InChI=1S/C64H75BN2/c1-38-29-54-57-55(30-38)67(51-34-47-44(31-39(51)2)61(10,11)36-62(47,12)13)53-35-46-45(58(4,5)27-28-59(46,6)7)33-49(53)65(57)48-25-23-42(64(16,17)41-21-19-18-20-22-41)32-52(48)66(54)50-26-24-43-56(40(50)3)63(14,15)37-60(43,8)9/h18-26,29-35H,27-28,36-37H2,1-17H3/i1D3. The summed E-state index contributed by atoms with van der Waals surface area (Å²) in [6.07, 6.45) is 4.35. The molecule has 0 spiro atoms. The van der Waals surface area contributed by atoms with E-state index in [4.69, 9.17) is 0 Å². The monoisotopic (exact) mass is 886 g/mol. The van der Waals surface area contributed by atoms with Crippen LogP contribution >= 0.6 is 0 Å². The number of hydrogen-bond acceptors (Lipinski definition) is 2. The zero-order valence-electron chi connectivity index (χ0n) is 46.5. The smallest absolute Gasteiger partial charge is 0.252 e. The van der Waals surface area contributed by atoms with Crippen LogP contribution in [0.5, 0.6) is 0 Å². The zero-order chi connectivity index (χ0) is 50.4. The number of anilines is 6. The molecule has 0 unspecified atom stereocenters. The van der Waals surface area contributed by atoms with Crippen LogP contribution in [0.2, 0.25) is 0 Å². The molecule has 2 heterocycles. The van der Waals surface area contributed by atoms with Crippen molar-refractivity contribution < 1.29 is 4.11 Å². The Morgan fingerprint density at radius 3 is 1.66 bits per heavy atom. The second-order valence-electron chi connectivity index (χ2n) is 26.2. The Hall–Kier alpha value is -5.02. The van der Waals surface area contributed by atoms with Gasteiger partial charge in [-0.2, -0.15) is 0 Å². The molecule has 0 fully saturated rings. The fourth-order valence-electron chi connectivity index (χ4n) is 15.0. The molecule has 0 saturated heterocycles. The van der Waals surface area contributed by atoms with E-state index in [1.54, 1.807) is 0 Å². The minimum Gasteiger partial charge on any atom is -0.311 e. The van der Waals surface area contributed by atoms with Crippen molar-refractivity contribution in [3.63, 3.8) is 0 Å². The van der Waals surface area contributed by atoms with E-state index >= 15 is 0 Å². The molecular formula is C64H75BN2. The lowest BCUT2D eigenvalue weighted by Crippen LogP contribution is -2.62. The van der Waals surface area contributed by atoms with Crippen LogP contribution in [-0.4, -0.2) is 6.71 Å². The second kappa shape index (κ2) is 13.8. The van der Waals surface area contributed by atoms with Gasteiger partial charge in [0.2, 0.25) is 0 Å². The highest BCUT2D eigenvalue weighted by molar-refractivity contribution is 7.00. The van der Waals surface area contributed by atoms with Gasteiger partial charge in [-0.05, 0) is 193 Å². The second-order valence-corrected chi connectivity index (χ2v) is 26.2. The maximum atomic E-state index is 9.27. The molecule has 67 heavy (non-hydrogen) atoms. The highest BCUT2D eigenvalue weighted by Crippen LogP contribution is 2.57. The van der Waals surface area contributed by atoms with E-state index in [1.807, 2.05) is 6.07 Å². The fraction of sp³-hybridized carbons (Fsp3) is 0.438. The third-order valence-corrected chi connectivity index (χ3v) is 18.1. The average Bonchev–Trinajstić information content (AvgIpc) is 3.58. The van der Waals surface area contributed by atoms with E-state index in [9.17, 15) is 4.11 Å². The summed E-state index contributed by atoms with van der Waals surface area (Å²) in [6.45, 7) is 35.7. The van der Waals surface area contributed by atoms with E-state index in [0.717, 1.165) is 54.1 Å². The lowest BCUT2D eigenvalue weighted by atomic mass is 9.33. The number of aryl methyl sites for hydroxylation is 2. The molecule has 0 radical (unpaired) electrons. The van der Waals surface area contributed by atoms with Gasteiger partial charge in [-0.1, -0.05) is 158 Å². The molecule has 0 bridgehead atoms. The van der Waals surface area contributed by atoms with Crippen LogP contribution in [0.25, 0.3) is 0 Å². The third kappa shape index (κ3) is 6.27. The summed E-state index contributed by atoms with van der Waals surface area (Å²) in [5, 5.41) is 0. The van der Waals surface area contributed by atoms with E-state index in [2.05, 4.69) is 212 Å². The molecule has 0 aromatic heterocycles. The van der Waals surface area contributed by atoms with Gasteiger partial charge in [0.05, 0.1) is 0 Å². The first-order valence-electron chi connectivity index (χ1n) is 26.9. The minimum absolute atomic E-state index is 0.0206. The first-order valence-corrected chi connectivity index (χ1v) is 25.4. The Labute approximate surface area is 408 Å². The predicted octanol–water partition coefficient (Wildman–Crippen LogP) is 15.3. The van der Waals surface area contributed by atoms with Crippen LogP contribution in [0.1, 0.15) is 188 Å². The summed E-state index contributed by atoms with van der Waals surface area (Å²) in [5.41, 5.74) is 23.6. The van der Waals surface area contributed by atoms with Crippen LogP contribution in [-0.2, 0) is 37.9 Å². The molecule has 5 aliphatic rings. The van der Waals surface area contributed by atoms with Gasteiger partial charge >= 0.3 is 0 Å². The van der Waals surface area contributed by atoms with Gasteiger partial charge in [-0.3, -0.25) is 0 Å². The number of nitrogens with zero attached hydrogens (tertiary/aromatic N) is 2. The average molecular weight is 886 g/mol. The van der Waals surface area contributed by atoms with Crippen molar-refractivity contribution in [3.8, 4) is 0 Å². The summed E-state index contributed by atoms with van der Waals surface area (Å²) < 4.78 is 27.8. The SMILES string of the molecule is [2H]C([2H])([2H])c1cc2c3c(c1)N(c1ccc4c(c1C)C(C)(C)CC4(C)C)c1cc(C(C)(C)c4ccccc4)ccc1B3c1cc3c(cc1N2c1cc2c(cc1C)C(C)(C)CC2(C)C)C(C)(C)CCC3(C)C. The molecule has 3 aliphatic carbocycles. The van der Waals surface area contributed by atoms with Crippen molar-refractivity contribution in [2.45, 2.75) is 181 Å². The van der Waals surface area contributed by atoms with Crippen LogP contribution < -0.4 is 26.2 Å². The molecule has 6 aromatic carbocycles. The highest BCUT2D eigenvalue weighted by atomic mass is 15.2. The normalized spacial score (nSPS) is 21.3. The molecule has 3 heteroatoms. The number of fused-ring (bicyclic) bond motifs is 7. The first-order chi connectivity index (χ1) is 32.4. The molecule has 0 saturated carbocycles. The summed E-state index contributed by atoms with van der Waals surface area (Å²) in [4.78, 5) is 5.02. The molecule has 2 aliphatic heterocycles. The van der Waals surface area contributed by atoms with Crippen molar-refractivity contribution in [1.82, 2.24) is 0 Å². The minimum atomic E-state index is -2.37. The van der Waals surface area contributed by atoms with Gasteiger partial charge in [-0.15, -0.1) is 0 Å². The molecule has 0 N–H and O–H groups in total. The van der Waals surface area contributed by atoms with Crippen molar-refractivity contribution in [3.05, 3.63) is 158 Å². The molecule has 2 nitrogen and oxygen atoms in total. The maximum absolute atomic E-state index is 9.27. The van der Waals surface area contributed by atoms with Gasteiger partial charge in [0.15, 0.2) is 0 Å². The van der Waals surface area contributed by atoms with Gasteiger partial charge in [0, 0.05) is 43.7 Å². The summed E-state index contributed by atoms with van der Waals surface area (Å²) >= 11 is 0. The summed E-state index contributed by atoms with van der Waals surface area (Å²) in [6, 6.07) is 37.1. The molecule has 11 rings (SSSR count). The van der Waals surface area contributed by atoms with E-state index in [-0.39, 0.29) is 44.6 Å². The molecule has 0 amide bonds. The Balaban J connectivity index is 1.30. The van der Waals surface area contributed by atoms with Gasteiger partial charge in [0.1, 0.15) is 0 Å². The van der Waals surface area contributed by atoms with Gasteiger partial charge < -0.3 is 9.80 Å². The van der Waals surface area contributed by atoms with Crippen molar-refractivity contribution in [2.24, 2.45) is 0 Å². The predicted molar refractivity (Wildman–Crippen MR) is 290 cm³/mol. The quantitative estimate of drug-likeness (QED) is 0.163. The maximum Gasteiger partial charge on any atom is 0.252 e.